The Balaban J connectivity index is 1.47. The van der Waals surface area contributed by atoms with Crippen LogP contribution in [0.2, 0.25) is 0 Å². The zero-order valence-electron chi connectivity index (χ0n) is 24.5. The number of rotatable bonds is 12. The average molecular weight is 546 g/mol. The van der Waals surface area contributed by atoms with E-state index in [4.69, 9.17) is 9.47 Å². The number of ketones is 1. The molecule has 1 heterocycles. The van der Waals surface area contributed by atoms with Gasteiger partial charge in [0.25, 0.3) is 0 Å². The molecule has 1 saturated carbocycles. The highest BCUT2D eigenvalue weighted by Gasteiger charge is 2.39. The molecule has 2 fully saturated rings. The fourth-order valence-corrected chi connectivity index (χ4v) is 4.90. The van der Waals surface area contributed by atoms with Crippen LogP contribution < -0.4 is 10.1 Å². The number of hydrogen-bond acceptors (Lipinski definition) is 6. The van der Waals surface area contributed by atoms with Crippen molar-refractivity contribution < 1.29 is 29.0 Å². The van der Waals surface area contributed by atoms with Gasteiger partial charge in [-0.25, -0.2) is 4.79 Å². The molecule has 2 amide bonds. The number of hydrogen-bond donors (Lipinski definition) is 2. The van der Waals surface area contributed by atoms with Crippen LogP contribution in [-0.4, -0.2) is 89.8 Å². The molecule has 3 rings (SSSR count). The van der Waals surface area contributed by atoms with Crippen molar-refractivity contribution in [2.75, 3.05) is 39.3 Å². The van der Waals surface area contributed by atoms with E-state index in [0.29, 0.717) is 39.2 Å². The van der Waals surface area contributed by atoms with Crippen LogP contribution in [-0.2, 0) is 9.53 Å². The minimum Gasteiger partial charge on any atom is -0.494 e. The van der Waals surface area contributed by atoms with Crippen LogP contribution in [0.25, 0.3) is 0 Å². The van der Waals surface area contributed by atoms with Gasteiger partial charge < -0.3 is 24.8 Å². The molecule has 1 aliphatic carbocycles. The van der Waals surface area contributed by atoms with Gasteiger partial charge in [-0.05, 0) is 76.1 Å². The number of amides is 2. The first-order chi connectivity index (χ1) is 18.2. The number of nitrogens with one attached hydrogen (secondary N) is 1. The summed E-state index contributed by atoms with van der Waals surface area (Å²) in [6, 6.07) is 6.44. The number of ether oxygens (including phenoxy) is 2. The zero-order chi connectivity index (χ0) is 28.8. The molecule has 1 aromatic carbocycles. The van der Waals surface area contributed by atoms with Gasteiger partial charge in [0.2, 0.25) is 5.91 Å². The molecule has 9 nitrogen and oxygen atoms in total. The second-order valence-corrected chi connectivity index (χ2v) is 13.0. The quantitative estimate of drug-likeness (QED) is 0.295. The van der Waals surface area contributed by atoms with Crippen LogP contribution in [0.15, 0.2) is 24.3 Å². The van der Waals surface area contributed by atoms with E-state index >= 15 is 0 Å². The third-order valence-corrected chi connectivity index (χ3v) is 6.89. The van der Waals surface area contributed by atoms with E-state index in [1.165, 1.54) is 0 Å². The summed E-state index contributed by atoms with van der Waals surface area (Å²) in [4.78, 5) is 41.4. The first-order valence-corrected chi connectivity index (χ1v) is 14.2. The lowest BCUT2D eigenvalue weighted by atomic mass is 9.86. The fourth-order valence-electron chi connectivity index (χ4n) is 4.90. The highest BCUT2D eigenvalue weighted by Crippen LogP contribution is 2.33. The van der Waals surface area contributed by atoms with Gasteiger partial charge in [-0.1, -0.05) is 20.8 Å². The second-order valence-electron chi connectivity index (χ2n) is 13.0. The highest BCUT2D eigenvalue weighted by atomic mass is 16.5. The predicted octanol–water partition coefficient (Wildman–Crippen LogP) is 4.45. The van der Waals surface area contributed by atoms with Crippen molar-refractivity contribution >= 4 is 17.8 Å². The summed E-state index contributed by atoms with van der Waals surface area (Å²) < 4.78 is 12.1. The van der Waals surface area contributed by atoms with Crippen LogP contribution in [0.5, 0.6) is 5.75 Å². The largest absolute Gasteiger partial charge is 0.494 e. The Morgan fingerprint density at radius 2 is 1.62 bits per heavy atom. The second kappa shape index (κ2) is 13.1. The van der Waals surface area contributed by atoms with Crippen LogP contribution in [0.4, 0.5) is 4.79 Å². The van der Waals surface area contributed by atoms with Gasteiger partial charge in [0.05, 0.1) is 18.3 Å². The minimum absolute atomic E-state index is 0.147. The minimum atomic E-state index is -1.23. The third-order valence-electron chi connectivity index (χ3n) is 6.89. The van der Waals surface area contributed by atoms with Crippen molar-refractivity contribution in [1.29, 1.82) is 0 Å². The van der Waals surface area contributed by atoms with Crippen molar-refractivity contribution in [2.24, 2.45) is 11.3 Å². The van der Waals surface area contributed by atoms with Crippen LogP contribution >= 0.6 is 0 Å². The molecule has 218 valence electrons. The van der Waals surface area contributed by atoms with Crippen LogP contribution in [0, 0.1) is 11.3 Å². The molecule has 0 bridgehead atoms. The smallest absolute Gasteiger partial charge is 0.405 e. The number of carbonyl (C=O) groups excluding carboxylic acids is 2. The molecule has 1 aromatic rings. The van der Waals surface area contributed by atoms with E-state index < -0.39 is 23.8 Å². The molecular weight excluding hydrogens is 498 g/mol. The van der Waals surface area contributed by atoms with Crippen molar-refractivity contribution in [2.45, 2.75) is 85.0 Å². The van der Waals surface area contributed by atoms with Crippen molar-refractivity contribution in [1.82, 2.24) is 15.1 Å². The molecule has 0 unspecified atom stereocenters. The monoisotopic (exact) mass is 545 g/mol. The first-order valence-electron chi connectivity index (χ1n) is 14.2. The lowest BCUT2D eigenvalue weighted by Crippen LogP contribution is -2.59. The SMILES string of the molecule is CC(C)(C)C[C@H](OC(C)(C)C)[C@@H](NC(=O)O)C(=O)N1CCN(CCCOc2ccc(C(=O)C3CC3)cc2)CC1. The van der Waals surface area contributed by atoms with Gasteiger partial charge in [0, 0.05) is 44.2 Å². The van der Waals surface area contributed by atoms with E-state index in [2.05, 4.69) is 31.0 Å². The summed E-state index contributed by atoms with van der Waals surface area (Å²) in [6.45, 7) is 15.8. The number of Topliss-reactive ketones (excluding diaryl/α,β-unsaturated/α-hetero) is 1. The zero-order valence-corrected chi connectivity index (χ0v) is 24.5. The topological polar surface area (TPSA) is 108 Å². The Morgan fingerprint density at radius 3 is 2.13 bits per heavy atom. The summed E-state index contributed by atoms with van der Waals surface area (Å²) in [6.07, 6.45) is 1.58. The van der Waals surface area contributed by atoms with Gasteiger partial charge in [-0.3, -0.25) is 14.5 Å². The van der Waals surface area contributed by atoms with Crippen LogP contribution in [0.3, 0.4) is 0 Å². The maximum atomic E-state index is 13.5. The molecule has 0 aromatic heterocycles. The van der Waals surface area contributed by atoms with Gasteiger partial charge in [0.1, 0.15) is 11.8 Å². The van der Waals surface area contributed by atoms with E-state index in [-0.39, 0.29) is 23.0 Å². The number of benzene rings is 1. The van der Waals surface area contributed by atoms with Gasteiger partial charge in [0.15, 0.2) is 5.78 Å². The van der Waals surface area contributed by atoms with E-state index in [1.54, 1.807) is 4.90 Å². The van der Waals surface area contributed by atoms with E-state index in [0.717, 1.165) is 37.1 Å². The van der Waals surface area contributed by atoms with Gasteiger partial charge in [-0.15, -0.1) is 0 Å². The lowest BCUT2D eigenvalue weighted by Gasteiger charge is -2.40. The molecule has 39 heavy (non-hydrogen) atoms. The Kier molecular flexibility index (Phi) is 10.4. The Hall–Kier alpha value is -2.65. The van der Waals surface area contributed by atoms with Crippen molar-refractivity contribution in [3.63, 3.8) is 0 Å². The highest BCUT2D eigenvalue weighted by molar-refractivity contribution is 5.99. The number of carboxylic acid groups (broad SMARTS) is 1. The standard InChI is InChI=1S/C30H47N3O6/c1-29(2,3)20-24(39-30(4,5)6)25(31-28(36)37)27(35)33-17-15-32(16-18-33)14-7-19-38-23-12-10-22(11-13-23)26(34)21-8-9-21/h10-13,21,24-25,31H,7-9,14-20H2,1-6H3,(H,36,37)/t24-,25+/m0/s1. The van der Waals surface area contributed by atoms with E-state index in [9.17, 15) is 19.5 Å². The number of carbonyl (C=O) groups is 3. The summed E-state index contributed by atoms with van der Waals surface area (Å²) >= 11 is 0. The summed E-state index contributed by atoms with van der Waals surface area (Å²) in [7, 11) is 0. The molecule has 2 aliphatic rings. The van der Waals surface area contributed by atoms with Crippen LogP contribution in [0.1, 0.15) is 77.6 Å². The molecular formula is C30H47N3O6. The normalized spacial score (nSPS) is 18.4. The average Bonchev–Trinajstić information content (AvgIpc) is 3.68. The first kappa shape index (κ1) is 30.9. The molecule has 0 radical (unpaired) electrons. The molecule has 9 heteroatoms. The predicted molar refractivity (Wildman–Crippen MR) is 150 cm³/mol. The molecule has 2 N–H and O–H groups in total. The number of nitrogens with zero attached hydrogens (tertiary/aromatic N) is 2. The summed E-state index contributed by atoms with van der Waals surface area (Å²) in [5, 5.41) is 12.0. The van der Waals surface area contributed by atoms with Crippen molar-refractivity contribution in [3.05, 3.63) is 29.8 Å². The molecule has 1 saturated heterocycles. The summed E-state index contributed by atoms with van der Waals surface area (Å²) in [5.74, 6) is 0.976. The van der Waals surface area contributed by atoms with Crippen molar-refractivity contribution in [3.8, 4) is 5.75 Å². The fraction of sp³-hybridized carbons (Fsp3) is 0.700. The molecule has 2 atom stereocenters. The Bertz CT molecular complexity index is 954. The maximum absolute atomic E-state index is 13.5. The van der Waals surface area contributed by atoms with E-state index in [1.807, 2.05) is 45.0 Å². The van der Waals surface area contributed by atoms with Gasteiger partial charge >= 0.3 is 6.09 Å². The Morgan fingerprint density at radius 1 is 1.00 bits per heavy atom. The molecule has 0 spiro atoms. The molecule has 1 aliphatic heterocycles. The summed E-state index contributed by atoms with van der Waals surface area (Å²) in [5.41, 5.74) is 0.0875. The Labute approximate surface area is 233 Å². The van der Waals surface area contributed by atoms with Gasteiger partial charge in [-0.2, -0.15) is 0 Å². The maximum Gasteiger partial charge on any atom is 0.405 e. The number of piperazine rings is 1. The third kappa shape index (κ3) is 10.4. The lowest BCUT2D eigenvalue weighted by molar-refractivity contribution is -0.145.